The van der Waals surface area contributed by atoms with Crippen LogP contribution in [0.15, 0.2) is 0 Å². The molecule has 0 unspecified atom stereocenters. The van der Waals surface area contributed by atoms with E-state index >= 15 is 0 Å². The zero-order chi connectivity index (χ0) is 23.3. The first-order chi connectivity index (χ1) is 14.0. The molecule has 0 aromatic heterocycles. The number of hydrogen-bond acceptors (Lipinski definition) is 7. The first kappa shape index (κ1) is 27.3. The van der Waals surface area contributed by atoms with E-state index in [2.05, 4.69) is 21.3 Å². The second-order valence-corrected chi connectivity index (χ2v) is 7.05. The molecule has 0 heterocycles. The zero-order valence-corrected chi connectivity index (χ0v) is 17.7. The maximum absolute atomic E-state index is 12.7. The number of amides is 3. The van der Waals surface area contributed by atoms with Crippen LogP contribution in [0.25, 0.3) is 0 Å². The van der Waals surface area contributed by atoms with Crippen molar-refractivity contribution in [2.24, 2.45) is 17.4 Å². The Labute approximate surface area is 176 Å². The lowest BCUT2D eigenvalue weighted by Crippen LogP contribution is -2.60. The lowest BCUT2D eigenvalue weighted by atomic mass is 9.97. The summed E-state index contributed by atoms with van der Waals surface area (Å²) in [5.41, 5.74) is 11.1. The predicted molar refractivity (Wildman–Crippen MR) is 111 cm³/mol. The number of aliphatic hydroxyl groups is 1. The van der Waals surface area contributed by atoms with Gasteiger partial charge in [-0.2, -0.15) is 0 Å². The summed E-state index contributed by atoms with van der Waals surface area (Å²) in [5, 5.41) is 26.7. The quantitative estimate of drug-likeness (QED) is 0.0820. The normalized spacial score (nSPS) is 15.6. The Morgan fingerprint density at radius 3 is 2.17 bits per heavy atom. The highest BCUT2D eigenvalue weighted by Gasteiger charge is 2.32. The van der Waals surface area contributed by atoms with Crippen molar-refractivity contribution < 1.29 is 24.3 Å². The van der Waals surface area contributed by atoms with Gasteiger partial charge in [-0.1, -0.05) is 20.3 Å². The average Bonchev–Trinajstić information content (AvgIpc) is 2.69. The lowest BCUT2D eigenvalue weighted by molar-refractivity contribution is -0.135. The molecule has 0 saturated heterocycles. The van der Waals surface area contributed by atoms with E-state index in [0.717, 1.165) is 0 Å². The molecule has 1 radical (unpaired) electrons. The minimum atomic E-state index is -1.30. The lowest BCUT2D eigenvalue weighted by Gasteiger charge is -2.28. The van der Waals surface area contributed by atoms with E-state index in [0.29, 0.717) is 25.8 Å². The SMILES string of the molecule is CC[C@H](C)[C@H](NC(=O)[C@@H](N)CCCNC(=N)N)C(=O)N[C@H](C(=O)NC[C]=O)[C@H](C)O. The summed E-state index contributed by atoms with van der Waals surface area (Å²) in [6.07, 6.45) is 1.62. The summed E-state index contributed by atoms with van der Waals surface area (Å²) in [4.78, 5) is 47.5. The van der Waals surface area contributed by atoms with Crippen LogP contribution < -0.4 is 32.7 Å². The Kier molecular flexibility index (Phi) is 13.0. The molecule has 0 aromatic rings. The van der Waals surface area contributed by atoms with Crippen LogP contribution in [0.4, 0.5) is 0 Å². The van der Waals surface area contributed by atoms with E-state index in [4.69, 9.17) is 16.9 Å². The third-order valence-corrected chi connectivity index (χ3v) is 4.53. The van der Waals surface area contributed by atoms with Crippen LogP contribution in [0, 0.1) is 11.3 Å². The Bertz CT molecular complexity index is 599. The van der Waals surface area contributed by atoms with Gasteiger partial charge in [-0.05, 0) is 25.7 Å². The number of carbonyl (C=O) groups excluding carboxylic acids is 4. The summed E-state index contributed by atoms with van der Waals surface area (Å²) < 4.78 is 0. The van der Waals surface area contributed by atoms with E-state index in [9.17, 15) is 24.3 Å². The summed E-state index contributed by atoms with van der Waals surface area (Å²) >= 11 is 0. The van der Waals surface area contributed by atoms with Crippen molar-refractivity contribution in [3.05, 3.63) is 0 Å². The van der Waals surface area contributed by atoms with E-state index in [1.165, 1.54) is 13.2 Å². The fourth-order valence-electron chi connectivity index (χ4n) is 2.52. The van der Waals surface area contributed by atoms with Crippen molar-refractivity contribution in [3.63, 3.8) is 0 Å². The van der Waals surface area contributed by atoms with Gasteiger partial charge in [0, 0.05) is 6.54 Å². The molecule has 10 N–H and O–H groups in total. The smallest absolute Gasteiger partial charge is 0.245 e. The zero-order valence-electron chi connectivity index (χ0n) is 17.7. The number of carbonyl (C=O) groups is 3. The van der Waals surface area contributed by atoms with Crippen LogP contribution in [0.5, 0.6) is 0 Å². The van der Waals surface area contributed by atoms with Crippen LogP contribution in [-0.4, -0.2) is 72.4 Å². The number of rotatable bonds is 14. The molecule has 3 amide bonds. The molecule has 0 aliphatic carbocycles. The van der Waals surface area contributed by atoms with Crippen molar-refractivity contribution >= 4 is 30.0 Å². The van der Waals surface area contributed by atoms with E-state index in [1.54, 1.807) is 6.92 Å². The number of aliphatic hydroxyl groups excluding tert-OH is 1. The third-order valence-electron chi connectivity index (χ3n) is 4.53. The molecule has 0 aromatic carbocycles. The molecule has 30 heavy (non-hydrogen) atoms. The number of nitrogens with two attached hydrogens (primary N) is 2. The predicted octanol–water partition coefficient (Wildman–Crippen LogP) is -2.80. The van der Waals surface area contributed by atoms with E-state index in [1.807, 2.05) is 6.92 Å². The fourth-order valence-corrected chi connectivity index (χ4v) is 2.52. The molecule has 12 heteroatoms. The van der Waals surface area contributed by atoms with Crippen LogP contribution in [0.2, 0.25) is 0 Å². The standard InChI is InChI=1S/C18H34N7O5/c1-4-10(2)13(24-15(28)12(19)6-5-7-23-18(20)21)17(30)25-14(11(3)27)16(29)22-8-9-26/h10-14,27H,4-8,19H2,1-3H3,(H,22,29)(H,24,28)(H,25,30)(H4,20,21,23)/t10-,11-,12-,13-,14-/m0/s1. The largest absolute Gasteiger partial charge is 0.391 e. The number of nitrogens with one attached hydrogen (secondary N) is 5. The van der Waals surface area contributed by atoms with Crippen molar-refractivity contribution in [1.82, 2.24) is 21.3 Å². The fraction of sp³-hybridized carbons (Fsp3) is 0.722. The van der Waals surface area contributed by atoms with Crippen LogP contribution in [-0.2, 0) is 19.2 Å². The highest BCUT2D eigenvalue weighted by Crippen LogP contribution is 2.10. The Morgan fingerprint density at radius 2 is 1.67 bits per heavy atom. The molecule has 12 nitrogen and oxygen atoms in total. The van der Waals surface area contributed by atoms with E-state index in [-0.39, 0.29) is 18.4 Å². The maximum Gasteiger partial charge on any atom is 0.245 e. The summed E-state index contributed by atoms with van der Waals surface area (Å²) in [7, 11) is 0. The molecule has 171 valence electrons. The molecule has 0 aliphatic heterocycles. The molecule has 0 aliphatic rings. The molecule has 0 saturated carbocycles. The number of hydrogen-bond donors (Lipinski definition) is 8. The van der Waals surface area contributed by atoms with Gasteiger partial charge in [-0.3, -0.25) is 24.6 Å². The van der Waals surface area contributed by atoms with Crippen molar-refractivity contribution in [3.8, 4) is 0 Å². The first-order valence-electron chi connectivity index (χ1n) is 9.80. The molecule has 0 bridgehead atoms. The first-order valence-corrected chi connectivity index (χ1v) is 9.80. The van der Waals surface area contributed by atoms with Gasteiger partial charge < -0.3 is 37.8 Å². The summed E-state index contributed by atoms with van der Waals surface area (Å²) in [5.74, 6) is -2.39. The second-order valence-electron chi connectivity index (χ2n) is 7.05. The monoisotopic (exact) mass is 428 g/mol. The number of guanidine groups is 1. The molecule has 0 spiro atoms. The minimum absolute atomic E-state index is 0.177. The van der Waals surface area contributed by atoms with Gasteiger partial charge in [0.2, 0.25) is 24.0 Å². The molecule has 5 atom stereocenters. The molecular formula is C18H34N7O5. The van der Waals surface area contributed by atoms with Gasteiger partial charge >= 0.3 is 0 Å². The highest BCUT2D eigenvalue weighted by molar-refractivity contribution is 5.93. The van der Waals surface area contributed by atoms with Gasteiger partial charge in [0.25, 0.3) is 0 Å². The molecule has 0 fully saturated rings. The average molecular weight is 429 g/mol. The Balaban J connectivity index is 5.05. The summed E-state index contributed by atoms with van der Waals surface area (Å²) in [6.45, 7) is 4.91. The van der Waals surface area contributed by atoms with Crippen molar-refractivity contribution in [1.29, 1.82) is 5.41 Å². The van der Waals surface area contributed by atoms with E-state index < -0.39 is 42.0 Å². The van der Waals surface area contributed by atoms with Gasteiger partial charge in [-0.15, -0.1) is 0 Å². The van der Waals surface area contributed by atoms with Gasteiger partial charge in [0.05, 0.1) is 18.7 Å². The molecular weight excluding hydrogens is 394 g/mol. The Hall–Kier alpha value is -2.73. The van der Waals surface area contributed by atoms with Crippen molar-refractivity contribution in [2.75, 3.05) is 13.1 Å². The van der Waals surface area contributed by atoms with Crippen LogP contribution in [0.3, 0.4) is 0 Å². The van der Waals surface area contributed by atoms with Crippen LogP contribution in [0.1, 0.15) is 40.0 Å². The van der Waals surface area contributed by atoms with Gasteiger partial charge in [0.1, 0.15) is 12.1 Å². The maximum atomic E-state index is 12.7. The third kappa shape index (κ3) is 10.2. The van der Waals surface area contributed by atoms with Crippen LogP contribution >= 0.6 is 0 Å². The van der Waals surface area contributed by atoms with Gasteiger partial charge in [-0.25, -0.2) is 0 Å². The second kappa shape index (κ2) is 14.3. The molecule has 0 rings (SSSR count). The topological polar surface area (TPSA) is 213 Å². The Morgan fingerprint density at radius 1 is 1.07 bits per heavy atom. The van der Waals surface area contributed by atoms with Crippen molar-refractivity contribution in [2.45, 2.75) is 64.3 Å². The van der Waals surface area contributed by atoms with Gasteiger partial charge in [0.15, 0.2) is 5.96 Å². The summed E-state index contributed by atoms with van der Waals surface area (Å²) in [6, 6.07) is -3.16. The minimum Gasteiger partial charge on any atom is -0.391 e. The highest BCUT2D eigenvalue weighted by atomic mass is 16.3.